The van der Waals surface area contributed by atoms with Gasteiger partial charge in [0.2, 0.25) is 0 Å². The number of nitrogens with one attached hydrogen (secondary N) is 1. The molecule has 98 valence electrons. The van der Waals surface area contributed by atoms with Crippen LogP contribution in [0.4, 0.5) is 0 Å². The van der Waals surface area contributed by atoms with E-state index in [0.717, 1.165) is 25.9 Å². The van der Waals surface area contributed by atoms with Gasteiger partial charge in [-0.05, 0) is 43.7 Å². The third kappa shape index (κ3) is 2.28. The van der Waals surface area contributed by atoms with E-state index in [-0.39, 0.29) is 6.04 Å². The van der Waals surface area contributed by atoms with E-state index in [1.165, 1.54) is 24.1 Å². The molecule has 4 nitrogen and oxygen atoms in total. The molecule has 1 saturated heterocycles. The van der Waals surface area contributed by atoms with Crippen LogP contribution in [0.25, 0.3) is 0 Å². The minimum atomic E-state index is 0.282. The van der Waals surface area contributed by atoms with Gasteiger partial charge in [-0.3, -0.25) is 16.3 Å². The Kier molecular flexibility index (Phi) is 3.59. The Morgan fingerprint density at radius 1 is 1.50 bits per heavy atom. The zero-order chi connectivity index (χ0) is 12.4. The fourth-order valence-electron chi connectivity index (χ4n) is 3.30. The SMILES string of the molecule is NNC(CC1CCCO1)C1CCc2cccnc21. The van der Waals surface area contributed by atoms with Gasteiger partial charge in [-0.2, -0.15) is 0 Å². The van der Waals surface area contributed by atoms with Crippen molar-refractivity contribution in [2.24, 2.45) is 5.84 Å². The normalized spacial score (nSPS) is 28.3. The quantitative estimate of drug-likeness (QED) is 0.625. The first kappa shape index (κ1) is 12.1. The van der Waals surface area contributed by atoms with Crippen LogP contribution in [0.5, 0.6) is 0 Å². The number of pyridine rings is 1. The van der Waals surface area contributed by atoms with Gasteiger partial charge >= 0.3 is 0 Å². The first-order valence-electron chi connectivity index (χ1n) is 6.90. The smallest absolute Gasteiger partial charge is 0.0591 e. The van der Waals surface area contributed by atoms with Crippen molar-refractivity contribution in [1.82, 2.24) is 10.4 Å². The standard InChI is InChI=1S/C14H21N3O/c15-17-13(9-11-4-2-8-18-11)12-6-5-10-3-1-7-16-14(10)12/h1,3,7,11-13,17H,2,4-6,8-9,15H2. The van der Waals surface area contributed by atoms with Crippen LogP contribution in [0, 0.1) is 0 Å². The van der Waals surface area contributed by atoms with Gasteiger partial charge in [-0.1, -0.05) is 6.07 Å². The highest BCUT2D eigenvalue weighted by Gasteiger charge is 2.32. The molecule has 0 bridgehead atoms. The first-order valence-corrected chi connectivity index (χ1v) is 6.90. The van der Waals surface area contributed by atoms with Crippen molar-refractivity contribution in [2.45, 2.75) is 50.2 Å². The predicted molar refractivity (Wildman–Crippen MR) is 70.0 cm³/mol. The maximum atomic E-state index is 5.75. The zero-order valence-corrected chi connectivity index (χ0v) is 10.6. The average Bonchev–Trinajstić information content (AvgIpc) is 3.05. The Balaban J connectivity index is 1.72. The molecule has 3 rings (SSSR count). The van der Waals surface area contributed by atoms with Crippen molar-refractivity contribution >= 4 is 0 Å². The van der Waals surface area contributed by atoms with Crippen molar-refractivity contribution in [3.8, 4) is 0 Å². The number of rotatable bonds is 4. The number of hydrazine groups is 1. The molecule has 4 heteroatoms. The number of aryl methyl sites for hydroxylation is 1. The van der Waals surface area contributed by atoms with E-state index in [1.54, 1.807) is 0 Å². The topological polar surface area (TPSA) is 60.2 Å². The molecule has 3 N–H and O–H groups in total. The first-order chi connectivity index (χ1) is 8.88. The molecule has 1 aromatic heterocycles. The van der Waals surface area contributed by atoms with E-state index >= 15 is 0 Å². The molecule has 1 aliphatic carbocycles. The number of nitrogens with two attached hydrogens (primary N) is 1. The maximum absolute atomic E-state index is 5.75. The highest BCUT2D eigenvalue weighted by molar-refractivity contribution is 5.29. The molecule has 1 aliphatic heterocycles. The molecule has 18 heavy (non-hydrogen) atoms. The lowest BCUT2D eigenvalue weighted by atomic mass is 9.92. The summed E-state index contributed by atoms with van der Waals surface area (Å²) in [5.41, 5.74) is 5.61. The number of aromatic nitrogens is 1. The molecule has 0 aromatic carbocycles. The third-order valence-corrected chi connectivity index (χ3v) is 4.24. The fourth-order valence-corrected chi connectivity index (χ4v) is 3.30. The van der Waals surface area contributed by atoms with Crippen LogP contribution in [-0.4, -0.2) is 23.7 Å². The molecular weight excluding hydrogens is 226 g/mol. The summed E-state index contributed by atoms with van der Waals surface area (Å²) in [6.45, 7) is 0.904. The lowest BCUT2D eigenvalue weighted by Gasteiger charge is -2.25. The second-order valence-electron chi connectivity index (χ2n) is 5.34. The number of ether oxygens (including phenoxy) is 1. The largest absolute Gasteiger partial charge is 0.378 e. The van der Waals surface area contributed by atoms with E-state index in [1.807, 2.05) is 12.3 Å². The average molecular weight is 247 g/mol. The van der Waals surface area contributed by atoms with E-state index in [2.05, 4.69) is 16.5 Å². The minimum Gasteiger partial charge on any atom is -0.378 e. The van der Waals surface area contributed by atoms with Crippen LogP contribution in [0.3, 0.4) is 0 Å². The van der Waals surface area contributed by atoms with Gasteiger partial charge in [0.15, 0.2) is 0 Å². The number of nitrogens with zero attached hydrogens (tertiary/aromatic N) is 1. The summed E-state index contributed by atoms with van der Waals surface area (Å²) in [4.78, 5) is 4.55. The number of fused-ring (bicyclic) bond motifs is 1. The van der Waals surface area contributed by atoms with Crippen LogP contribution in [0.15, 0.2) is 18.3 Å². The van der Waals surface area contributed by atoms with Crippen LogP contribution in [0.2, 0.25) is 0 Å². The van der Waals surface area contributed by atoms with E-state index in [0.29, 0.717) is 12.0 Å². The van der Waals surface area contributed by atoms with Crippen LogP contribution < -0.4 is 11.3 Å². The summed E-state index contributed by atoms with van der Waals surface area (Å²) >= 11 is 0. The van der Waals surface area contributed by atoms with Gasteiger partial charge < -0.3 is 4.74 Å². The maximum Gasteiger partial charge on any atom is 0.0591 e. The molecule has 0 spiro atoms. The molecule has 3 atom stereocenters. The summed E-state index contributed by atoms with van der Waals surface area (Å²) in [6, 6.07) is 4.48. The molecule has 2 aliphatic rings. The molecule has 1 aromatic rings. The molecule has 0 saturated carbocycles. The van der Waals surface area contributed by atoms with E-state index < -0.39 is 0 Å². The van der Waals surface area contributed by atoms with Gasteiger partial charge in [0.25, 0.3) is 0 Å². The van der Waals surface area contributed by atoms with Crippen molar-refractivity contribution in [2.75, 3.05) is 6.61 Å². The molecule has 0 radical (unpaired) electrons. The van der Waals surface area contributed by atoms with Crippen molar-refractivity contribution in [3.05, 3.63) is 29.6 Å². The van der Waals surface area contributed by atoms with Crippen LogP contribution in [-0.2, 0) is 11.2 Å². The number of hydrogen-bond acceptors (Lipinski definition) is 4. The molecule has 1 fully saturated rings. The minimum absolute atomic E-state index is 0.282. The highest BCUT2D eigenvalue weighted by Crippen LogP contribution is 2.35. The van der Waals surface area contributed by atoms with E-state index in [4.69, 9.17) is 10.6 Å². The van der Waals surface area contributed by atoms with Gasteiger partial charge in [-0.25, -0.2) is 0 Å². The Bertz CT molecular complexity index is 404. The second kappa shape index (κ2) is 5.34. The Hall–Kier alpha value is -0.970. The Labute approximate surface area is 108 Å². The lowest BCUT2D eigenvalue weighted by molar-refractivity contribution is 0.0911. The van der Waals surface area contributed by atoms with Crippen molar-refractivity contribution in [1.29, 1.82) is 0 Å². The zero-order valence-electron chi connectivity index (χ0n) is 10.6. The Morgan fingerprint density at radius 3 is 3.22 bits per heavy atom. The van der Waals surface area contributed by atoms with Gasteiger partial charge in [0, 0.05) is 30.5 Å². The lowest BCUT2D eigenvalue weighted by Crippen LogP contribution is -2.41. The molecule has 0 amide bonds. The Morgan fingerprint density at radius 2 is 2.44 bits per heavy atom. The summed E-state index contributed by atoms with van der Waals surface area (Å²) in [5.74, 6) is 6.19. The van der Waals surface area contributed by atoms with Gasteiger partial charge in [0.05, 0.1) is 6.10 Å². The van der Waals surface area contributed by atoms with Crippen LogP contribution in [0.1, 0.15) is 42.9 Å². The highest BCUT2D eigenvalue weighted by atomic mass is 16.5. The monoisotopic (exact) mass is 247 g/mol. The fraction of sp³-hybridized carbons (Fsp3) is 0.643. The summed E-state index contributed by atoms with van der Waals surface area (Å²) < 4.78 is 5.72. The summed E-state index contributed by atoms with van der Waals surface area (Å²) in [5, 5.41) is 0. The van der Waals surface area contributed by atoms with Crippen LogP contribution >= 0.6 is 0 Å². The van der Waals surface area contributed by atoms with Crippen molar-refractivity contribution in [3.63, 3.8) is 0 Å². The predicted octanol–water partition coefficient (Wildman–Crippen LogP) is 1.51. The van der Waals surface area contributed by atoms with E-state index in [9.17, 15) is 0 Å². The molecule has 3 unspecified atom stereocenters. The third-order valence-electron chi connectivity index (χ3n) is 4.24. The number of hydrogen-bond donors (Lipinski definition) is 2. The summed E-state index contributed by atoms with van der Waals surface area (Å²) in [6.07, 6.45) is 7.87. The molecular formula is C14H21N3O. The van der Waals surface area contributed by atoms with Gasteiger partial charge in [-0.15, -0.1) is 0 Å². The second-order valence-corrected chi connectivity index (χ2v) is 5.34. The summed E-state index contributed by atoms with van der Waals surface area (Å²) in [7, 11) is 0. The van der Waals surface area contributed by atoms with Gasteiger partial charge in [0.1, 0.15) is 0 Å². The molecule has 2 heterocycles. The van der Waals surface area contributed by atoms with Crippen molar-refractivity contribution < 1.29 is 4.74 Å².